The van der Waals surface area contributed by atoms with Crippen LogP contribution in [0.1, 0.15) is 26.3 Å². The van der Waals surface area contributed by atoms with Crippen LogP contribution in [0.5, 0.6) is 5.75 Å². The average Bonchev–Trinajstić information content (AvgIpc) is 2.38. The third kappa shape index (κ3) is 5.51. The van der Waals surface area contributed by atoms with Gasteiger partial charge in [0.1, 0.15) is 5.75 Å². The van der Waals surface area contributed by atoms with Crippen molar-refractivity contribution in [1.29, 1.82) is 0 Å². The number of rotatable bonds is 8. The van der Waals surface area contributed by atoms with Gasteiger partial charge < -0.3 is 10.1 Å². The molecule has 5 heteroatoms. The molecule has 2 atom stereocenters. The summed E-state index contributed by atoms with van der Waals surface area (Å²) in [7, 11) is -1.28. The Morgan fingerprint density at radius 1 is 1.20 bits per heavy atom. The molecule has 0 saturated carbocycles. The highest BCUT2D eigenvalue weighted by atomic mass is 32.2. The monoisotopic (exact) mass is 299 g/mol. The highest BCUT2D eigenvalue weighted by molar-refractivity contribution is 7.91. The number of nitrogens with one attached hydrogen (secondary N) is 1. The van der Waals surface area contributed by atoms with Crippen molar-refractivity contribution in [2.75, 3.05) is 18.6 Å². The van der Waals surface area contributed by atoms with Crippen molar-refractivity contribution in [3.8, 4) is 5.75 Å². The van der Waals surface area contributed by atoms with Crippen LogP contribution in [0.4, 0.5) is 0 Å². The van der Waals surface area contributed by atoms with E-state index in [2.05, 4.69) is 12.2 Å². The highest BCUT2D eigenvalue weighted by Gasteiger charge is 2.16. The summed E-state index contributed by atoms with van der Waals surface area (Å²) in [6.45, 7) is 5.65. The molecule has 1 aromatic carbocycles. The molecule has 0 heterocycles. The molecule has 0 amide bonds. The Bertz CT molecular complexity index is 514. The normalized spacial score (nSPS) is 14.8. The third-order valence-electron chi connectivity index (χ3n) is 3.23. The van der Waals surface area contributed by atoms with Crippen molar-refractivity contribution in [2.45, 2.75) is 39.3 Å². The zero-order chi connectivity index (χ0) is 15.2. The number of para-hydroxylation sites is 1. The molecule has 0 aliphatic heterocycles. The fourth-order valence-corrected chi connectivity index (χ4v) is 3.39. The van der Waals surface area contributed by atoms with Crippen molar-refractivity contribution in [1.82, 2.24) is 5.32 Å². The van der Waals surface area contributed by atoms with E-state index in [9.17, 15) is 8.42 Å². The Hall–Kier alpha value is -1.07. The number of benzene rings is 1. The van der Waals surface area contributed by atoms with Gasteiger partial charge in [0.15, 0.2) is 9.84 Å². The van der Waals surface area contributed by atoms with Crippen molar-refractivity contribution in [3.05, 3.63) is 29.8 Å². The van der Waals surface area contributed by atoms with Crippen molar-refractivity contribution < 1.29 is 13.2 Å². The second-order valence-electron chi connectivity index (χ2n) is 5.18. The lowest BCUT2D eigenvalue weighted by Gasteiger charge is -2.20. The van der Waals surface area contributed by atoms with Gasteiger partial charge in [-0.15, -0.1) is 0 Å². The van der Waals surface area contributed by atoms with E-state index in [-0.39, 0.29) is 23.6 Å². The summed E-state index contributed by atoms with van der Waals surface area (Å²) in [4.78, 5) is 0. The summed E-state index contributed by atoms with van der Waals surface area (Å²) >= 11 is 0. The minimum atomic E-state index is -2.94. The summed E-state index contributed by atoms with van der Waals surface area (Å²) < 4.78 is 28.5. The maximum Gasteiger partial charge on any atom is 0.151 e. The van der Waals surface area contributed by atoms with E-state index in [1.54, 1.807) is 14.0 Å². The number of sulfone groups is 1. The molecule has 20 heavy (non-hydrogen) atoms. The largest absolute Gasteiger partial charge is 0.496 e. The van der Waals surface area contributed by atoms with Crippen LogP contribution in [0.3, 0.4) is 0 Å². The molecule has 0 bridgehead atoms. The molecule has 0 saturated heterocycles. The Kier molecular flexibility index (Phi) is 6.49. The standard InChI is InChI=1S/C15H25NO3S/c1-5-20(17,18)11-13(3)16-12(2)10-14-8-6-7-9-15(14)19-4/h6-9,12-13,16H,5,10-11H2,1-4H3. The molecule has 0 fully saturated rings. The van der Waals surface area contributed by atoms with Crippen molar-refractivity contribution >= 4 is 9.84 Å². The summed E-state index contributed by atoms with van der Waals surface area (Å²) in [6, 6.07) is 8.03. The molecule has 0 radical (unpaired) electrons. The number of ether oxygens (including phenoxy) is 1. The van der Waals surface area contributed by atoms with E-state index in [1.807, 2.05) is 31.2 Å². The first-order valence-corrected chi connectivity index (χ1v) is 8.78. The van der Waals surface area contributed by atoms with Crippen LogP contribution < -0.4 is 10.1 Å². The van der Waals surface area contributed by atoms with Crippen LogP contribution in [0.15, 0.2) is 24.3 Å². The number of hydrogen-bond acceptors (Lipinski definition) is 4. The molecule has 0 aliphatic carbocycles. The van der Waals surface area contributed by atoms with E-state index < -0.39 is 9.84 Å². The summed E-state index contributed by atoms with van der Waals surface area (Å²) in [5.74, 6) is 1.25. The minimum absolute atomic E-state index is 0.0512. The minimum Gasteiger partial charge on any atom is -0.496 e. The Labute approximate surface area is 122 Å². The van der Waals surface area contributed by atoms with E-state index in [4.69, 9.17) is 4.74 Å². The Morgan fingerprint density at radius 2 is 1.85 bits per heavy atom. The van der Waals surface area contributed by atoms with Gasteiger partial charge in [-0.3, -0.25) is 0 Å². The predicted molar refractivity (Wildman–Crippen MR) is 83.1 cm³/mol. The van der Waals surface area contributed by atoms with Crippen LogP contribution in [-0.2, 0) is 16.3 Å². The second kappa shape index (κ2) is 7.64. The molecule has 114 valence electrons. The van der Waals surface area contributed by atoms with Gasteiger partial charge in [0.25, 0.3) is 0 Å². The predicted octanol–water partition coefficient (Wildman–Crippen LogP) is 2.04. The van der Waals surface area contributed by atoms with E-state index >= 15 is 0 Å². The molecule has 1 aromatic rings. The van der Waals surface area contributed by atoms with E-state index in [1.165, 1.54) is 0 Å². The van der Waals surface area contributed by atoms with Crippen molar-refractivity contribution in [2.24, 2.45) is 0 Å². The van der Waals surface area contributed by atoms with E-state index in [0.29, 0.717) is 0 Å². The van der Waals surface area contributed by atoms with Crippen LogP contribution >= 0.6 is 0 Å². The SMILES string of the molecule is CCS(=O)(=O)CC(C)NC(C)Cc1ccccc1OC. The average molecular weight is 299 g/mol. The Balaban J connectivity index is 2.57. The molecule has 0 aliphatic rings. The number of hydrogen-bond donors (Lipinski definition) is 1. The third-order valence-corrected chi connectivity index (χ3v) is 5.12. The van der Waals surface area contributed by atoms with Crippen LogP contribution in [0.2, 0.25) is 0 Å². The van der Waals surface area contributed by atoms with Gasteiger partial charge in [-0.1, -0.05) is 25.1 Å². The van der Waals surface area contributed by atoms with Crippen LogP contribution in [0, 0.1) is 0 Å². The zero-order valence-electron chi connectivity index (χ0n) is 12.7. The Morgan fingerprint density at radius 3 is 2.45 bits per heavy atom. The lowest BCUT2D eigenvalue weighted by atomic mass is 10.1. The van der Waals surface area contributed by atoms with Gasteiger partial charge in [-0.25, -0.2) is 8.42 Å². The van der Waals surface area contributed by atoms with Gasteiger partial charge in [0.2, 0.25) is 0 Å². The molecule has 1 N–H and O–H groups in total. The molecule has 2 unspecified atom stereocenters. The quantitative estimate of drug-likeness (QED) is 0.798. The second-order valence-corrected chi connectivity index (χ2v) is 7.58. The number of methoxy groups -OCH3 is 1. The smallest absolute Gasteiger partial charge is 0.151 e. The summed E-state index contributed by atoms with van der Waals surface area (Å²) in [6.07, 6.45) is 0.806. The molecule has 1 rings (SSSR count). The zero-order valence-corrected chi connectivity index (χ0v) is 13.5. The topological polar surface area (TPSA) is 55.4 Å². The molecule has 0 aromatic heterocycles. The maximum absolute atomic E-state index is 11.6. The lowest BCUT2D eigenvalue weighted by Crippen LogP contribution is -2.40. The van der Waals surface area contributed by atoms with Crippen molar-refractivity contribution in [3.63, 3.8) is 0 Å². The van der Waals surface area contributed by atoms with Gasteiger partial charge >= 0.3 is 0 Å². The summed E-state index contributed by atoms with van der Waals surface area (Å²) in [5.41, 5.74) is 1.13. The summed E-state index contributed by atoms with van der Waals surface area (Å²) in [5, 5.41) is 3.34. The van der Waals surface area contributed by atoms with E-state index in [0.717, 1.165) is 17.7 Å². The molecular weight excluding hydrogens is 274 g/mol. The molecular formula is C15H25NO3S. The maximum atomic E-state index is 11.6. The van der Waals surface area contributed by atoms with Gasteiger partial charge in [-0.05, 0) is 31.9 Å². The lowest BCUT2D eigenvalue weighted by molar-refractivity contribution is 0.404. The fraction of sp³-hybridized carbons (Fsp3) is 0.600. The van der Waals surface area contributed by atoms with Crippen LogP contribution in [-0.4, -0.2) is 39.1 Å². The molecule has 4 nitrogen and oxygen atoms in total. The first-order valence-electron chi connectivity index (χ1n) is 6.96. The molecule has 0 spiro atoms. The first kappa shape index (κ1) is 17.0. The van der Waals surface area contributed by atoms with Gasteiger partial charge in [0, 0.05) is 17.8 Å². The van der Waals surface area contributed by atoms with Gasteiger partial charge in [0.05, 0.1) is 12.9 Å². The van der Waals surface area contributed by atoms with Gasteiger partial charge in [-0.2, -0.15) is 0 Å². The first-order chi connectivity index (χ1) is 9.38. The fourth-order valence-electron chi connectivity index (χ4n) is 2.29. The van der Waals surface area contributed by atoms with Crippen LogP contribution in [0.25, 0.3) is 0 Å². The highest BCUT2D eigenvalue weighted by Crippen LogP contribution is 2.18.